The zero-order valence-electron chi connectivity index (χ0n) is 22.9. The molecule has 216 valence electrons. The predicted molar refractivity (Wildman–Crippen MR) is 150 cm³/mol. The average molecular weight is 606 g/mol. The molecule has 0 aliphatic heterocycles. The van der Waals surface area contributed by atoms with Gasteiger partial charge in [-0.1, -0.05) is 49.2 Å². The molecule has 0 aliphatic carbocycles. The standard InChI is InChI=1S/C28H35Cl3O8/c1-17(2)35-13-23(38-18(3)32)14-36-22-9-7-20(8-10-22)27(5,6)21-11-24(30)26(25(31)12-21)37-16-28(34,15-29)39-19(4)33/h7-12,17,23,34H,13-16H2,1-6H3/t23-,28?/m1/s1. The molecule has 8 nitrogen and oxygen atoms in total. The molecule has 0 fully saturated rings. The average Bonchev–Trinajstić information content (AvgIpc) is 2.84. The predicted octanol–water partition coefficient (Wildman–Crippen LogP) is 5.92. The first kappa shape index (κ1) is 33.0. The molecular formula is C28H35Cl3O8. The lowest BCUT2D eigenvalue weighted by atomic mass is 9.78. The maximum Gasteiger partial charge on any atom is 0.305 e. The van der Waals surface area contributed by atoms with Crippen molar-refractivity contribution in [3.05, 3.63) is 57.6 Å². The SMILES string of the molecule is CC(=O)O[C@@H](COc1ccc(C(C)(C)c2cc(Cl)c(OCC(O)(CCl)OC(C)=O)c(Cl)c2)cc1)COC(C)C. The van der Waals surface area contributed by atoms with Crippen LogP contribution >= 0.6 is 34.8 Å². The Morgan fingerprint density at radius 3 is 2.00 bits per heavy atom. The molecule has 0 radical (unpaired) electrons. The van der Waals surface area contributed by atoms with Gasteiger partial charge in [-0.2, -0.15) is 0 Å². The normalized spacial score (nSPS) is 13.9. The van der Waals surface area contributed by atoms with Crippen molar-refractivity contribution in [1.82, 2.24) is 0 Å². The summed E-state index contributed by atoms with van der Waals surface area (Å²) in [5.74, 6) is -2.81. The Morgan fingerprint density at radius 2 is 1.51 bits per heavy atom. The van der Waals surface area contributed by atoms with Gasteiger partial charge in [-0.15, -0.1) is 11.6 Å². The Labute approximate surface area is 244 Å². The minimum Gasteiger partial charge on any atom is -0.490 e. The van der Waals surface area contributed by atoms with E-state index in [9.17, 15) is 14.7 Å². The van der Waals surface area contributed by atoms with E-state index in [1.54, 1.807) is 12.1 Å². The Balaban J connectivity index is 2.14. The molecule has 0 spiro atoms. The second kappa shape index (κ2) is 14.4. The zero-order chi connectivity index (χ0) is 29.4. The Bertz CT molecular complexity index is 1100. The smallest absolute Gasteiger partial charge is 0.305 e. The number of rotatable bonds is 14. The first-order valence-electron chi connectivity index (χ1n) is 12.3. The fourth-order valence-electron chi connectivity index (χ4n) is 3.58. The van der Waals surface area contributed by atoms with Gasteiger partial charge in [-0.25, -0.2) is 0 Å². The highest BCUT2D eigenvalue weighted by atomic mass is 35.5. The van der Waals surface area contributed by atoms with Crippen molar-refractivity contribution in [2.24, 2.45) is 0 Å². The largest absolute Gasteiger partial charge is 0.490 e. The van der Waals surface area contributed by atoms with E-state index in [-0.39, 0.29) is 35.1 Å². The maximum atomic E-state index is 11.4. The van der Waals surface area contributed by atoms with E-state index in [1.165, 1.54) is 6.92 Å². The van der Waals surface area contributed by atoms with Crippen LogP contribution in [0.1, 0.15) is 52.7 Å². The molecule has 1 unspecified atom stereocenters. The number of hydrogen-bond acceptors (Lipinski definition) is 8. The molecule has 2 aromatic carbocycles. The first-order valence-corrected chi connectivity index (χ1v) is 13.6. The summed E-state index contributed by atoms with van der Waals surface area (Å²) in [5, 5.41) is 10.7. The van der Waals surface area contributed by atoms with Crippen molar-refractivity contribution in [2.75, 3.05) is 25.7 Å². The summed E-state index contributed by atoms with van der Waals surface area (Å²) in [4.78, 5) is 22.7. The van der Waals surface area contributed by atoms with Crippen LogP contribution in [0.25, 0.3) is 0 Å². The number of esters is 2. The molecule has 0 saturated heterocycles. The van der Waals surface area contributed by atoms with Crippen molar-refractivity contribution in [1.29, 1.82) is 0 Å². The minimum atomic E-state index is -2.03. The number of alkyl halides is 1. The van der Waals surface area contributed by atoms with Crippen LogP contribution in [0.5, 0.6) is 11.5 Å². The number of carbonyl (C=O) groups excluding carboxylic acids is 2. The quantitative estimate of drug-likeness (QED) is 0.161. The molecular weight excluding hydrogens is 571 g/mol. The highest BCUT2D eigenvalue weighted by molar-refractivity contribution is 6.37. The second-order valence-corrected chi connectivity index (χ2v) is 10.9. The third-order valence-corrected chi connectivity index (χ3v) is 6.64. The van der Waals surface area contributed by atoms with Gasteiger partial charge < -0.3 is 28.8 Å². The molecule has 2 atom stereocenters. The van der Waals surface area contributed by atoms with E-state index in [2.05, 4.69) is 0 Å². The van der Waals surface area contributed by atoms with Gasteiger partial charge in [0.2, 0.25) is 0 Å². The highest BCUT2D eigenvalue weighted by Gasteiger charge is 2.32. The lowest BCUT2D eigenvalue weighted by Gasteiger charge is -2.28. The van der Waals surface area contributed by atoms with E-state index in [4.69, 9.17) is 58.5 Å². The van der Waals surface area contributed by atoms with E-state index in [1.807, 2.05) is 52.0 Å². The van der Waals surface area contributed by atoms with Crippen LogP contribution in [0, 0.1) is 0 Å². The van der Waals surface area contributed by atoms with Crippen LogP contribution in [0.15, 0.2) is 36.4 Å². The van der Waals surface area contributed by atoms with Crippen molar-refractivity contribution < 1.29 is 38.4 Å². The van der Waals surface area contributed by atoms with Crippen LogP contribution in [-0.2, 0) is 29.2 Å². The van der Waals surface area contributed by atoms with Crippen LogP contribution in [0.3, 0.4) is 0 Å². The molecule has 0 amide bonds. The summed E-state index contributed by atoms with van der Waals surface area (Å²) in [6.45, 7) is 10.3. The fourth-order valence-corrected chi connectivity index (χ4v) is 4.31. The summed E-state index contributed by atoms with van der Waals surface area (Å²) in [5.41, 5.74) is 1.26. The van der Waals surface area contributed by atoms with Crippen molar-refractivity contribution in [3.63, 3.8) is 0 Å². The molecule has 0 saturated carbocycles. The van der Waals surface area contributed by atoms with E-state index < -0.39 is 41.7 Å². The number of carbonyl (C=O) groups is 2. The van der Waals surface area contributed by atoms with Gasteiger partial charge in [0, 0.05) is 19.3 Å². The summed E-state index contributed by atoms with van der Waals surface area (Å²) >= 11 is 18.7. The Hall–Kier alpha value is -2.23. The number of halogens is 3. The minimum absolute atomic E-state index is 0.00169. The topological polar surface area (TPSA) is 101 Å². The number of benzene rings is 2. The summed E-state index contributed by atoms with van der Waals surface area (Å²) in [6, 6.07) is 10.9. The van der Waals surface area contributed by atoms with Gasteiger partial charge in [-0.3, -0.25) is 9.59 Å². The molecule has 0 aromatic heterocycles. The molecule has 2 rings (SSSR count). The Kier molecular flexibility index (Phi) is 12.2. The van der Waals surface area contributed by atoms with Crippen molar-refractivity contribution >= 4 is 46.7 Å². The molecule has 0 heterocycles. The Morgan fingerprint density at radius 1 is 0.923 bits per heavy atom. The van der Waals surface area contributed by atoms with Crippen molar-refractivity contribution in [3.8, 4) is 11.5 Å². The van der Waals surface area contributed by atoms with Crippen LogP contribution in [0.4, 0.5) is 0 Å². The summed E-state index contributed by atoms with van der Waals surface area (Å²) in [6.07, 6.45) is -0.526. The first-order chi connectivity index (χ1) is 18.2. The maximum absolute atomic E-state index is 11.4. The molecule has 11 heteroatoms. The van der Waals surface area contributed by atoms with E-state index in [0.717, 1.165) is 18.1 Å². The van der Waals surface area contributed by atoms with Gasteiger partial charge in [0.15, 0.2) is 18.5 Å². The highest BCUT2D eigenvalue weighted by Crippen LogP contribution is 2.41. The second-order valence-electron chi connectivity index (χ2n) is 9.81. The van der Waals surface area contributed by atoms with E-state index in [0.29, 0.717) is 5.75 Å². The third kappa shape index (κ3) is 10.0. The van der Waals surface area contributed by atoms with Crippen LogP contribution < -0.4 is 9.47 Å². The number of hydrogen-bond donors (Lipinski definition) is 1. The molecule has 2 aromatic rings. The monoisotopic (exact) mass is 604 g/mol. The summed E-state index contributed by atoms with van der Waals surface area (Å²) < 4.78 is 27.1. The molecule has 1 N–H and O–H groups in total. The van der Waals surface area contributed by atoms with Gasteiger partial charge in [0.1, 0.15) is 12.4 Å². The summed E-state index contributed by atoms with van der Waals surface area (Å²) in [7, 11) is 0. The zero-order valence-corrected chi connectivity index (χ0v) is 25.2. The van der Waals surface area contributed by atoms with Crippen LogP contribution in [0.2, 0.25) is 10.0 Å². The van der Waals surface area contributed by atoms with Gasteiger partial charge >= 0.3 is 11.9 Å². The van der Waals surface area contributed by atoms with Crippen LogP contribution in [-0.4, -0.2) is 60.7 Å². The van der Waals surface area contributed by atoms with Gasteiger partial charge in [0.25, 0.3) is 5.79 Å². The molecule has 39 heavy (non-hydrogen) atoms. The van der Waals surface area contributed by atoms with E-state index >= 15 is 0 Å². The lowest BCUT2D eigenvalue weighted by Crippen LogP contribution is -2.42. The fraction of sp³-hybridized carbons (Fsp3) is 0.500. The van der Waals surface area contributed by atoms with Crippen molar-refractivity contribution in [2.45, 2.75) is 65.0 Å². The number of aliphatic hydroxyl groups is 1. The molecule has 0 bridgehead atoms. The lowest BCUT2D eigenvalue weighted by molar-refractivity contribution is -0.207. The number of ether oxygens (including phenoxy) is 5. The van der Waals surface area contributed by atoms with Gasteiger partial charge in [-0.05, 0) is 49.2 Å². The molecule has 0 aliphatic rings. The third-order valence-electron chi connectivity index (χ3n) is 5.66. The van der Waals surface area contributed by atoms with Gasteiger partial charge in [0.05, 0.1) is 28.6 Å².